The maximum Gasteiger partial charge on any atom is 0.162 e. The van der Waals surface area contributed by atoms with E-state index in [4.69, 9.17) is 4.74 Å². The molecule has 0 aliphatic carbocycles. The molecule has 2 aromatic rings. The maximum atomic E-state index is 10.7. The Balaban J connectivity index is 2.07. The Morgan fingerprint density at radius 1 is 1.25 bits per heavy atom. The smallest absolute Gasteiger partial charge is 0.162 e. The van der Waals surface area contributed by atoms with Gasteiger partial charge in [-0.2, -0.15) is 0 Å². The molecule has 6 heteroatoms. The summed E-state index contributed by atoms with van der Waals surface area (Å²) < 4.78 is 26.5. The van der Waals surface area contributed by atoms with Gasteiger partial charge in [0.25, 0.3) is 0 Å². The predicted octanol–water partition coefficient (Wildman–Crippen LogP) is 2.25. The Morgan fingerprint density at radius 3 is 2.55 bits per heavy atom. The van der Waals surface area contributed by atoms with Crippen molar-refractivity contribution < 1.29 is 18.6 Å². The minimum absolute atomic E-state index is 0.0970. The number of nitrogens with one attached hydrogen (secondary N) is 1. The Labute approximate surface area is 119 Å². The van der Waals surface area contributed by atoms with Crippen LogP contribution in [0.3, 0.4) is 0 Å². The number of hydrogen-bond donors (Lipinski definition) is 2. The highest BCUT2D eigenvalue weighted by atomic mass is 32.2. The molecule has 0 radical (unpaired) electrons. The first-order valence-electron chi connectivity index (χ1n) is 5.90. The van der Waals surface area contributed by atoms with Crippen LogP contribution in [0.5, 0.6) is 11.5 Å². The zero-order valence-electron chi connectivity index (χ0n) is 10.8. The molecule has 1 atom stereocenters. The van der Waals surface area contributed by atoms with Gasteiger partial charge >= 0.3 is 0 Å². The number of benzene rings is 2. The van der Waals surface area contributed by atoms with Gasteiger partial charge in [0.2, 0.25) is 0 Å². The molecule has 0 amide bonds. The molecule has 1 unspecified atom stereocenters. The normalized spacial score (nSPS) is 11.9. The topological polar surface area (TPSA) is 81.6 Å². The van der Waals surface area contributed by atoms with Gasteiger partial charge in [-0.1, -0.05) is 12.1 Å². The van der Waals surface area contributed by atoms with Crippen molar-refractivity contribution >= 4 is 16.8 Å². The summed E-state index contributed by atoms with van der Waals surface area (Å²) in [7, 11) is 1.49. The molecule has 0 heterocycles. The molecule has 0 fully saturated rings. The molecule has 2 N–H and O–H groups in total. The molecule has 0 saturated carbocycles. The van der Waals surface area contributed by atoms with Gasteiger partial charge < -0.3 is 19.7 Å². The van der Waals surface area contributed by atoms with Crippen LogP contribution in [0.2, 0.25) is 0 Å². The van der Waals surface area contributed by atoms with Gasteiger partial charge in [0.15, 0.2) is 11.5 Å². The molecule has 0 saturated heterocycles. The Kier molecular flexibility index (Phi) is 4.60. The number of aromatic hydroxyl groups is 1. The van der Waals surface area contributed by atoms with Gasteiger partial charge in [-0.3, -0.25) is 4.21 Å². The number of anilines is 1. The summed E-state index contributed by atoms with van der Waals surface area (Å²) in [5, 5.41) is 13.0. The molecule has 0 spiro atoms. The number of para-hydroxylation sites is 1. The lowest BCUT2D eigenvalue weighted by molar-refractivity contribution is 0.371. The summed E-state index contributed by atoms with van der Waals surface area (Å²) in [6.45, 7) is 0.406. The van der Waals surface area contributed by atoms with Crippen molar-refractivity contribution in [3.8, 4) is 11.5 Å². The van der Waals surface area contributed by atoms with E-state index in [9.17, 15) is 13.9 Å². The second-order valence-electron chi connectivity index (χ2n) is 4.08. The van der Waals surface area contributed by atoms with Crippen molar-refractivity contribution in [1.82, 2.24) is 0 Å². The van der Waals surface area contributed by atoms with Crippen LogP contribution in [0.15, 0.2) is 47.4 Å². The lowest BCUT2D eigenvalue weighted by Gasteiger charge is -2.11. The summed E-state index contributed by atoms with van der Waals surface area (Å²) in [4.78, 5) is 0.236. The molecule has 0 bridgehead atoms. The van der Waals surface area contributed by atoms with Crippen molar-refractivity contribution in [2.75, 3.05) is 12.4 Å². The number of phenols is 1. The van der Waals surface area contributed by atoms with Crippen molar-refractivity contribution in [2.45, 2.75) is 11.4 Å². The average molecular weight is 292 g/mol. The van der Waals surface area contributed by atoms with Crippen LogP contribution >= 0.6 is 0 Å². The van der Waals surface area contributed by atoms with E-state index in [-0.39, 0.29) is 10.6 Å². The molecular formula is C14H14NO4S-. The van der Waals surface area contributed by atoms with Crippen molar-refractivity contribution in [2.24, 2.45) is 0 Å². The minimum Gasteiger partial charge on any atom is -0.768 e. The van der Waals surface area contributed by atoms with Crippen LogP contribution in [-0.2, 0) is 17.6 Å². The van der Waals surface area contributed by atoms with E-state index in [2.05, 4.69) is 5.32 Å². The second kappa shape index (κ2) is 6.40. The third-order valence-electron chi connectivity index (χ3n) is 2.83. The van der Waals surface area contributed by atoms with Crippen LogP contribution in [0, 0.1) is 0 Å². The number of methoxy groups -OCH3 is 1. The minimum atomic E-state index is -2.22. The number of ether oxygens (including phenoxy) is 1. The van der Waals surface area contributed by atoms with E-state index < -0.39 is 11.1 Å². The van der Waals surface area contributed by atoms with E-state index in [0.717, 1.165) is 5.69 Å². The summed E-state index contributed by atoms with van der Waals surface area (Å²) in [5.74, 6) is 0.515. The van der Waals surface area contributed by atoms with E-state index in [0.29, 0.717) is 17.9 Å². The fourth-order valence-electron chi connectivity index (χ4n) is 1.76. The molecule has 2 aromatic carbocycles. The highest BCUT2D eigenvalue weighted by Crippen LogP contribution is 2.29. The number of phenolic OH excluding ortho intramolecular Hbond substituents is 1. The highest BCUT2D eigenvalue weighted by molar-refractivity contribution is 7.79. The zero-order valence-corrected chi connectivity index (χ0v) is 11.6. The molecule has 5 nitrogen and oxygen atoms in total. The summed E-state index contributed by atoms with van der Waals surface area (Å²) in [6, 6.07) is 11.6. The largest absolute Gasteiger partial charge is 0.768 e. The van der Waals surface area contributed by atoms with Crippen molar-refractivity contribution in [3.05, 3.63) is 48.0 Å². The molecule has 20 heavy (non-hydrogen) atoms. The molecule has 0 aliphatic heterocycles. The highest BCUT2D eigenvalue weighted by Gasteiger charge is 2.06. The molecule has 0 aliphatic rings. The van der Waals surface area contributed by atoms with Gasteiger partial charge in [0.05, 0.1) is 7.11 Å². The second-order valence-corrected chi connectivity index (χ2v) is 5.02. The fraction of sp³-hybridized carbons (Fsp3) is 0.143. The van der Waals surface area contributed by atoms with Gasteiger partial charge in [-0.15, -0.1) is 0 Å². The van der Waals surface area contributed by atoms with Crippen molar-refractivity contribution in [3.63, 3.8) is 0 Å². The number of rotatable bonds is 5. The summed E-state index contributed by atoms with van der Waals surface area (Å²) >= 11 is -2.22. The SMILES string of the molecule is COc1cccc(CNc2ccc(S(=O)[O-])cc2)c1O. The van der Waals surface area contributed by atoms with Gasteiger partial charge in [0, 0.05) is 22.7 Å². The monoisotopic (exact) mass is 292 g/mol. The Hall–Kier alpha value is -2.05. The van der Waals surface area contributed by atoms with Crippen LogP contribution in [0.1, 0.15) is 5.56 Å². The Morgan fingerprint density at radius 2 is 1.95 bits per heavy atom. The fourth-order valence-corrected chi connectivity index (χ4v) is 2.11. The molecular weight excluding hydrogens is 278 g/mol. The van der Waals surface area contributed by atoms with E-state index in [1.165, 1.54) is 19.2 Å². The maximum absolute atomic E-state index is 10.7. The lowest BCUT2D eigenvalue weighted by atomic mass is 10.2. The standard InChI is InChI=1S/C14H15NO4S/c1-19-13-4-2-3-10(14(13)16)9-15-11-5-7-12(8-6-11)20(17)18/h2-8,15-16H,9H2,1H3,(H,17,18)/p-1. The summed E-state index contributed by atoms with van der Waals surface area (Å²) in [6.07, 6.45) is 0. The molecule has 0 aromatic heterocycles. The van der Waals surface area contributed by atoms with Crippen LogP contribution in [0.25, 0.3) is 0 Å². The average Bonchev–Trinajstić information content (AvgIpc) is 2.46. The number of hydrogen-bond acceptors (Lipinski definition) is 5. The molecule has 2 rings (SSSR count). The van der Waals surface area contributed by atoms with Crippen molar-refractivity contribution in [1.29, 1.82) is 0 Å². The quantitative estimate of drug-likeness (QED) is 0.826. The predicted molar refractivity (Wildman–Crippen MR) is 75.6 cm³/mol. The third-order valence-corrected chi connectivity index (χ3v) is 3.49. The first kappa shape index (κ1) is 14.4. The van der Waals surface area contributed by atoms with E-state index >= 15 is 0 Å². The van der Waals surface area contributed by atoms with Crippen LogP contribution in [-0.4, -0.2) is 21.0 Å². The van der Waals surface area contributed by atoms with E-state index in [1.807, 2.05) is 0 Å². The Bertz CT molecular complexity index is 613. The van der Waals surface area contributed by atoms with Crippen LogP contribution < -0.4 is 10.1 Å². The van der Waals surface area contributed by atoms with Gasteiger partial charge in [0.1, 0.15) is 0 Å². The lowest BCUT2D eigenvalue weighted by Crippen LogP contribution is -2.00. The first-order chi connectivity index (χ1) is 9.61. The van der Waals surface area contributed by atoms with Gasteiger partial charge in [-0.25, -0.2) is 0 Å². The summed E-state index contributed by atoms with van der Waals surface area (Å²) in [5.41, 5.74) is 1.46. The molecule has 106 valence electrons. The third kappa shape index (κ3) is 3.28. The first-order valence-corrected chi connectivity index (χ1v) is 6.97. The zero-order chi connectivity index (χ0) is 14.5. The van der Waals surface area contributed by atoms with E-state index in [1.54, 1.807) is 30.3 Å². The van der Waals surface area contributed by atoms with Gasteiger partial charge in [-0.05, 0) is 41.4 Å². The van der Waals surface area contributed by atoms with Crippen LogP contribution in [0.4, 0.5) is 5.69 Å².